The minimum atomic E-state index is -4.50. The third kappa shape index (κ3) is 6.99. The summed E-state index contributed by atoms with van der Waals surface area (Å²) in [6.45, 7) is 2.47. The molecule has 0 aliphatic carbocycles. The van der Waals surface area contributed by atoms with Crippen LogP contribution in [0.1, 0.15) is 34.8 Å². The highest BCUT2D eigenvalue weighted by atomic mass is 35.5. The van der Waals surface area contributed by atoms with Gasteiger partial charge in [0, 0.05) is 37.9 Å². The van der Waals surface area contributed by atoms with Crippen LogP contribution in [0, 0.1) is 0 Å². The standard InChI is InChI=1S/C31H31ClF3N3O4/c1-21-16-38(29(39)26-12-11-24(15-27(26)32)42-20-31(33,34)35)28-10-6-5-9-23(28)17-37(21)30(40)36-14-13-25(18-36)41-19-22-7-3-2-4-8-22/h2-12,15,21,25H,13-14,16-20H2,1H3/t21-,25-/m1/s1. The molecule has 0 bridgehead atoms. The smallest absolute Gasteiger partial charge is 0.422 e. The van der Waals surface area contributed by atoms with Crippen LogP contribution >= 0.6 is 11.6 Å². The van der Waals surface area contributed by atoms with Crippen LogP contribution in [0.25, 0.3) is 0 Å². The van der Waals surface area contributed by atoms with E-state index in [0.717, 1.165) is 17.5 Å². The summed E-state index contributed by atoms with van der Waals surface area (Å²) in [4.78, 5) is 32.6. The quantitative estimate of drug-likeness (QED) is 0.322. The van der Waals surface area contributed by atoms with Gasteiger partial charge in [0.05, 0.1) is 23.3 Å². The first-order chi connectivity index (χ1) is 20.1. The minimum absolute atomic E-state index is 0.0272. The topological polar surface area (TPSA) is 62.3 Å². The average Bonchev–Trinajstić information content (AvgIpc) is 3.39. The number of alkyl halides is 3. The second-order valence-electron chi connectivity index (χ2n) is 10.5. The van der Waals surface area contributed by atoms with Crippen LogP contribution in [0.3, 0.4) is 0 Å². The van der Waals surface area contributed by atoms with E-state index in [1.54, 1.807) is 14.7 Å². The Hall–Kier alpha value is -3.76. The molecule has 42 heavy (non-hydrogen) atoms. The Morgan fingerprint density at radius 3 is 2.48 bits per heavy atom. The van der Waals surface area contributed by atoms with Gasteiger partial charge in [0.15, 0.2) is 6.61 Å². The summed E-state index contributed by atoms with van der Waals surface area (Å²) >= 11 is 6.35. The molecule has 3 aromatic rings. The molecule has 3 amide bonds. The summed E-state index contributed by atoms with van der Waals surface area (Å²) in [5.74, 6) is -0.515. The molecule has 0 unspecified atom stereocenters. The van der Waals surface area contributed by atoms with Crippen LogP contribution in [0.5, 0.6) is 5.75 Å². The fourth-order valence-corrected chi connectivity index (χ4v) is 5.49. The summed E-state index contributed by atoms with van der Waals surface area (Å²) in [5.41, 5.74) is 2.63. The van der Waals surface area contributed by atoms with Crippen molar-refractivity contribution in [2.24, 2.45) is 0 Å². The number of para-hydroxylation sites is 1. The van der Waals surface area contributed by atoms with Crippen LogP contribution in [-0.4, -0.2) is 66.3 Å². The predicted octanol–water partition coefficient (Wildman–Crippen LogP) is 6.54. The normalized spacial score (nSPS) is 18.9. The SMILES string of the molecule is C[C@@H]1CN(C(=O)c2ccc(OCC(F)(F)F)cc2Cl)c2ccccc2CN1C(=O)N1CC[C@@H](OCc2ccccc2)C1. The first kappa shape index (κ1) is 29.7. The van der Waals surface area contributed by atoms with Crippen molar-refractivity contribution in [2.45, 2.75) is 44.8 Å². The number of benzene rings is 3. The number of nitrogens with zero attached hydrogens (tertiary/aromatic N) is 3. The van der Waals surface area contributed by atoms with Crippen molar-refractivity contribution >= 4 is 29.2 Å². The first-order valence-corrected chi connectivity index (χ1v) is 14.1. The van der Waals surface area contributed by atoms with Crippen molar-refractivity contribution in [1.82, 2.24) is 9.80 Å². The number of fused-ring (bicyclic) bond motifs is 1. The van der Waals surface area contributed by atoms with Gasteiger partial charge in [-0.1, -0.05) is 60.1 Å². The summed E-state index contributed by atoms with van der Waals surface area (Å²) < 4.78 is 48.5. The second-order valence-corrected chi connectivity index (χ2v) is 10.9. The van der Waals surface area contributed by atoms with Crippen LogP contribution < -0.4 is 9.64 Å². The zero-order valence-electron chi connectivity index (χ0n) is 23.0. The third-order valence-electron chi connectivity index (χ3n) is 7.41. The third-order valence-corrected chi connectivity index (χ3v) is 7.72. The fourth-order valence-electron chi connectivity index (χ4n) is 5.23. The van der Waals surface area contributed by atoms with Crippen LogP contribution in [0.2, 0.25) is 5.02 Å². The van der Waals surface area contributed by atoms with Gasteiger partial charge in [-0.3, -0.25) is 4.79 Å². The van der Waals surface area contributed by atoms with Crippen molar-refractivity contribution in [2.75, 3.05) is 31.1 Å². The monoisotopic (exact) mass is 601 g/mol. The summed E-state index contributed by atoms with van der Waals surface area (Å²) in [6.07, 6.45) is -3.82. The van der Waals surface area contributed by atoms with Gasteiger partial charge < -0.3 is 24.2 Å². The first-order valence-electron chi connectivity index (χ1n) is 13.7. The molecule has 0 aromatic heterocycles. The number of urea groups is 1. The molecule has 1 saturated heterocycles. The Bertz CT molecular complexity index is 1420. The maximum Gasteiger partial charge on any atom is 0.422 e. The number of halogens is 4. The molecule has 2 aliphatic heterocycles. The largest absolute Gasteiger partial charge is 0.484 e. The van der Waals surface area contributed by atoms with Crippen molar-refractivity contribution in [1.29, 1.82) is 0 Å². The van der Waals surface area contributed by atoms with E-state index in [4.69, 9.17) is 21.1 Å². The Labute approximate surface area is 247 Å². The Kier molecular flexibility index (Phi) is 8.93. The van der Waals surface area contributed by atoms with E-state index < -0.39 is 18.7 Å². The maximum atomic E-state index is 13.8. The summed E-state index contributed by atoms with van der Waals surface area (Å²) in [7, 11) is 0. The lowest BCUT2D eigenvalue weighted by molar-refractivity contribution is -0.153. The van der Waals surface area contributed by atoms with Crippen molar-refractivity contribution in [3.63, 3.8) is 0 Å². The van der Waals surface area contributed by atoms with Gasteiger partial charge in [0.1, 0.15) is 5.75 Å². The molecule has 0 spiro atoms. The molecule has 222 valence electrons. The van der Waals surface area contributed by atoms with Crippen LogP contribution in [-0.2, 0) is 17.9 Å². The molecular formula is C31H31ClF3N3O4. The van der Waals surface area contributed by atoms with Gasteiger partial charge in [-0.15, -0.1) is 0 Å². The molecule has 7 nitrogen and oxygen atoms in total. The van der Waals surface area contributed by atoms with E-state index in [2.05, 4.69) is 0 Å². The fraction of sp³-hybridized carbons (Fsp3) is 0.355. The molecule has 1 fully saturated rings. The van der Waals surface area contributed by atoms with Gasteiger partial charge in [0.25, 0.3) is 5.91 Å². The van der Waals surface area contributed by atoms with E-state index in [1.807, 2.05) is 61.5 Å². The zero-order chi connectivity index (χ0) is 29.9. The number of amides is 3. The lowest BCUT2D eigenvalue weighted by Crippen LogP contribution is -2.49. The van der Waals surface area contributed by atoms with E-state index in [9.17, 15) is 22.8 Å². The molecule has 2 aliphatic rings. The van der Waals surface area contributed by atoms with Crippen molar-refractivity contribution < 1.29 is 32.2 Å². The summed E-state index contributed by atoms with van der Waals surface area (Å²) in [5, 5.41) is -0.0272. The Balaban J connectivity index is 1.29. The highest BCUT2D eigenvalue weighted by molar-refractivity contribution is 6.34. The van der Waals surface area contributed by atoms with Gasteiger partial charge in [-0.25, -0.2) is 4.79 Å². The highest BCUT2D eigenvalue weighted by Gasteiger charge is 2.36. The minimum Gasteiger partial charge on any atom is -0.484 e. The Morgan fingerprint density at radius 1 is 1.00 bits per heavy atom. The van der Waals surface area contributed by atoms with E-state index in [-0.39, 0.29) is 41.1 Å². The number of rotatable bonds is 6. The molecule has 3 aromatic carbocycles. The molecular weight excluding hydrogens is 571 g/mol. The van der Waals surface area contributed by atoms with Crippen LogP contribution in [0.15, 0.2) is 72.8 Å². The number of hydrogen-bond acceptors (Lipinski definition) is 4. The van der Waals surface area contributed by atoms with Gasteiger partial charge in [0.2, 0.25) is 0 Å². The zero-order valence-corrected chi connectivity index (χ0v) is 23.8. The van der Waals surface area contributed by atoms with Gasteiger partial charge in [-0.2, -0.15) is 13.2 Å². The lowest BCUT2D eigenvalue weighted by atomic mass is 10.1. The number of likely N-dealkylation sites (tertiary alicyclic amines) is 1. The molecule has 0 N–H and O–H groups in total. The molecule has 0 saturated carbocycles. The average molecular weight is 602 g/mol. The lowest BCUT2D eigenvalue weighted by Gasteiger charge is -2.32. The van der Waals surface area contributed by atoms with Gasteiger partial charge in [-0.05, 0) is 48.7 Å². The molecule has 5 rings (SSSR count). The van der Waals surface area contributed by atoms with E-state index in [1.165, 1.54) is 18.2 Å². The number of carbonyl (C=O) groups is 2. The molecule has 2 heterocycles. The number of hydrogen-bond donors (Lipinski definition) is 0. The van der Waals surface area contributed by atoms with Crippen molar-refractivity contribution in [3.05, 3.63) is 94.5 Å². The predicted molar refractivity (Wildman–Crippen MR) is 153 cm³/mol. The number of carbonyl (C=O) groups excluding carboxylic acids is 2. The number of ether oxygens (including phenoxy) is 2. The number of anilines is 1. The van der Waals surface area contributed by atoms with E-state index in [0.29, 0.717) is 31.9 Å². The second kappa shape index (κ2) is 12.6. The highest BCUT2D eigenvalue weighted by Crippen LogP contribution is 2.32. The maximum absolute atomic E-state index is 13.8. The molecule has 11 heteroatoms. The molecule has 2 atom stereocenters. The summed E-state index contributed by atoms with van der Waals surface area (Å²) in [6, 6.07) is 20.6. The van der Waals surface area contributed by atoms with Crippen LogP contribution in [0.4, 0.5) is 23.7 Å². The van der Waals surface area contributed by atoms with Crippen molar-refractivity contribution in [3.8, 4) is 5.75 Å². The molecule has 0 radical (unpaired) electrons. The van der Waals surface area contributed by atoms with E-state index >= 15 is 0 Å². The van der Waals surface area contributed by atoms with Gasteiger partial charge >= 0.3 is 12.2 Å². The Morgan fingerprint density at radius 2 is 1.74 bits per heavy atom.